The third-order valence-electron chi connectivity index (χ3n) is 5.62. The highest BCUT2D eigenvalue weighted by Gasteiger charge is 2.31. The van der Waals surface area contributed by atoms with Gasteiger partial charge in [-0.15, -0.1) is 13.2 Å². The number of aromatic nitrogens is 5. The van der Waals surface area contributed by atoms with Crippen LogP contribution in [-0.4, -0.2) is 36.4 Å². The zero-order valence-electron chi connectivity index (χ0n) is 18.7. The first-order chi connectivity index (χ1) is 16.7. The van der Waals surface area contributed by atoms with Crippen molar-refractivity contribution in [2.45, 2.75) is 19.8 Å². The van der Waals surface area contributed by atoms with Crippen molar-refractivity contribution >= 4 is 28.0 Å². The van der Waals surface area contributed by atoms with Gasteiger partial charge < -0.3 is 14.6 Å². The Morgan fingerprint density at radius 3 is 2.49 bits per heavy atom. The fourth-order valence-electron chi connectivity index (χ4n) is 3.97. The Labute approximate surface area is 197 Å². The van der Waals surface area contributed by atoms with Gasteiger partial charge in [0.25, 0.3) is 5.91 Å². The summed E-state index contributed by atoms with van der Waals surface area (Å²) in [4.78, 5) is 25.7. The molecule has 0 aliphatic carbocycles. The van der Waals surface area contributed by atoms with Crippen molar-refractivity contribution in [3.8, 4) is 11.4 Å². The van der Waals surface area contributed by atoms with Crippen LogP contribution in [0.1, 0.15) is 22.0 Å². The van der Waals surface area contributed by atoms with E-state index >= 15 is 0 Å². The van der Waals surface area contributed by atoms with Crippen molar-refractivity contribution in [1.29, 1.82) is 0 Å². The molecule has 3 heterocycles. The van der Waals surface area contributed by atoms with Crippen LogP contribution in [0.3, 0.4) is 0 Å². The predicted molar refractivity (Wildman–Crippen MR) is 122 cm³/mol. The normalized spacial score (nSPS) is 11.8. The molecule has 5 rings (SSSR count). The molecule has 0 atom stereocenters. The fraction of sp³-hybridized carbons (Fsp3) is 0.167. The molecule has 11 heteroatoms. The second-order valence-corrected chi connectivity index (χ2v) is 7.85. The fourth-order valence-corrected chi connectivity index (χ4v) is 3.97. The van der Waals surface area contributed by atoms with Crippen LogP contribution in [0.2, 0.25) is 0 Å². The van der Waals surface area contributed by atoms with Gasteiger partial charge in [0.1, 0.15) is 17.4 Å². The lowest BCUT2D eigenvalue weighted by molar-refractivity contribution is -0.274. The first-order valence-electron chi connectivity index (χ1n) is 10.6. The summed E-state index contributed by atoms with van der Waals surface area (Å²) in [6, 6.07) is 12.5. The van der Waals surface area contributed by atoms with Gasteiger partial charge in [0.2, 0.25) is 0 Å². The van der Waals surface area contributed by atoms with Gasteiger partial charge in [0.05, 0.1) is 17.6 Å². The summed E-state index contributed by atoms with van der Waals surface area (Å²) < 4.78 is 45.4. The molecule has 0 fully saturated rings. The molecule has 1 amide bonds. The van der Waals surface area contributed by atoms with E-state index in [1.54, 1.807) is 36.7 Å². The van der Waals surface area contributed by atoms with Crippen LogP contribution in [0.25, 0.3) is 27.8 Å². The number of nitrogens with zero attached hydrogens (tertiary/aromatic N) is 5. The summed E-state index contributed by atoms with van der Waals surface area (Å²) >= 11 is 0. The van der Waals surface area contributed by atoms with E-state index in [0.29, 0.717) is 22.7 Å². The second kappa shape index (κ2) is 8.42. The number of hydrogen-bond acceptors (Lipinski definition) is 5. The minimum atomic E-state index is -4.77. The zero-order chi connectivity index (χ0) is 24.7. The Morgan fingerprint density at radius 2 is 1.80 bits per heavy atom. The molecule has 0 aliphatic heterocycles. The van der Waals surface area contributed by atoms with Gasteiger partial charge in [-0.05, 0) is 55.5 Å². The third kappa shape index (κ3) is 4.27. The van der Waals surface area contributed by atoms with Crippen molar-refractivity contribution in [3.63, 3.8) is 0 Å². The van der Waals surface area contributed by atoms with E-state index in [0.717, 1.165) is 22.2 Å². The zero-order valence-corrected chi connectivity index (χ0v) is 18.7. The van der Waals surface area contributed by atoms with E-state index in [2.05, 4.69) is 25.0 Å². The van der Waals surface area contributed by atoms with E-state index < -0.39 is 6.36 Å². The van der Waals surface area contributed by atoms with Gasteiger partial charge in [-0.2, -0.15) is 0 Å². The molecule has 35 heavy (non-hydrogen) atoms. The smallest absolute Gasteiger partial charge is 0.406 e. The highest BCUT2D eigenvalue weighted by atomic mass is 19.4. The number of nitrogens with one attached hydrogen (secondary N) is 1. The van der Waals surface area contributed by atoms with Crippen LogP contribution >= 0.6 is 0 Å². The van der Waals surface area contributed by atoms with Crippen molar-refractivity contribution < 1.29 is 22.7 Å². The molecule has 5 aromatic rings. The molecule has 0 bridgehead atoms. The Kier molecular flexibility index (Phi) is 5.39. The van der Waals surface area contributed by atoms with Crippen LogP contribution in [0.4, 0.5) is 13.2 Å². The Balaban J connectivity index is 1.55. The second-order valence-electron chi connectivity index (χ2n) is 7.85. The average molecular weight is 480 g/mol. The van der Waals surface area contributed by atoms with Gasteiger partial charge in [0.15, 0.2) is 5.65 Å². The molecular weight excluding hydrogens is 461 g/mol. The van der Waals surface area contributed by atoms with Gasteiger partial charge in [-0.3, -0.25) is 9.36 Å². The molecule has 0 radical (unpaired) electrons. The number of carbonyl (C=O) groups excluding carboxylic acids is 1. The number of alkyl halides is 3. The van der Waals surface area contributed by atoms with Crippen molar-refractivity contribution in [2.24, 2.45) is 7.05 Å². The van der Waals surface area contributed by atoms with Crippen molar-refractivity contribution in [1.82, 2.24) is 29.4 Å². The SMILES string of the molecule is Cc1nc2c(c3cc(C(=O)NCc4ncccn4)ccc3n2-c2ccc(OC(F)(F)F)cc2)n1C. The third-order valence-corrected chi connectivity index (χ3v) is 5.62. The van der Waals surface area contributed by atoms with Crippen LogP contribution in [-0.2, 0) is 13.6 Å². The minimum Gasteiger partial charge on any atom is -0.406 e. The number of rotatable bonds is 5. The van der Waals surface area contributed by atoms with Crippen molar-refractivity contribution in [2.75, 3.05) is 0 Å². The quantitative estimate of drug-likeness (QED) is 0.402. The van der Waals surface area contributed by atoms with Crippen molar-refractivity contribution in [3.05, 3.63) is 78.1 Å². The number of aryl methyl sites for hydroxylation is 2. The molecule has 178 valence electrons. The number of carbonyl (C=O) groups is 1. The Bertz CT molecular complexity index is 1540. The Morgan fingerprint density at radius 1 is 1.09 bits per heavy atom. The molecule has 8 nitrogen and oxygen atoms in total. The number of halogens is 3. The maximum absolute atomic E-state index is 12.8. The van der Waals surface area contributed by atoms with Gasteiger partial charge in [-0.1, -0.05) is 0 Å². The minimum absolute atomic E-state index is 0.186. The predicted octanol–water partition coefficient (Wildman–Crippen LogP) is 4.44. The summed E-state index contributed by atoms with van der Waals surface area (Å²) in [5.74, 6) is 0.648. The number of fused-ring (bicyclic) bond motifs is 3. The number of ether oxygens (including phenoxy) is 1. The van der Waals surface area contributed by atoms with Crippen LogP contribution in [0.5, 0.6) is 5.75 Å². The average Bonchev–Trinajstić information content (AvgIpc) is 3.30. The summed E-state index contributed by atoms with van der Waals surface area (Å²) in [5, 5.41) is 3.59. The van der Waals surface area contributed by atoms with E-state index in [4.69, 9.17) is 0 Å². The largest absolute Gasteiger partial charge is 0.573 e. The van der Waals surface area contributed by atoms with Gasteiger partial charge in [0, 0.05) is 36.1 Å². The molecule has 0 saturated carbocycles. The van der Waals surface area contributed by atoms with E-state index in [-0.39, 0.29) is 18.2 Å². The number of amides is 1. The molecule has 0 unspecified atom stereocenters. The molecule has 0 saturated heterocycles. The molecular formula is C24H19F3N6O2. The van der Waals surface area contributed by atoms with Crippen LogP contribution in [0, 0.1) is 6.92 Å². The highest BCUT2D eigenvalue weighted by molar-refractivity contribution is 6.09. The summed E-state index contributed by atoms with van der Waals surface area (Å²) in [6.07, 6.45) is -1.56. The summed E-state index contributed by atoms with van der Waals surface area (Å²) in [7, 11) is 1.87. The van der Waals surface area contributed by atoms with Gasteiger partial charge in [-0.25, -0.2) is 15.0 Å². The van der Waals surface area contributed by atoms with Crippen LogP contribution < -0.4 is 10.1 Å². The highest BCUT2D eigenvalue weighted by Crippen LogP contribution is 2.33. The van der Waals surface area contributed by atoms with Gasteiger partial charge >= 0.3 is 6.36 Å². The molecule has 0 spiro atoms. The van der Waals surface area contributed by atoms with E-state index in [9.17, 15) is 18.0 Å². The molecule has 2 aromatic carbocycles. The number of imidazole rings is 1. The van der Waals surface area contributed by atoms with E-state index in [1.807, 2.05) is 23.1 Å². The lowest BCUT2D eigenvalue weighted by atomic mass is 10.1. The first-order valence-corrected chi connectivity index (χ1v) is 10.6. The summed E-state index contributed by atoms with van der Waals surface area (Å²) in [5.41, 5.74) is 3.23. The molecule has 1 N–H and O–H groups in total. The monoisotopic (exact) mass is 480 g/mol. The topological polar surface area (TPSA) is 86.9 Å². The van der Waals surface area contributed by atoms with Crippen LogP contribution in [0.15, 0.2) is 60.9 Å². The summed E-state index contributed by atoms with van der Waals surface area (Å²) in [6.45, 7) is 2.04. The Hall–Kier alpha value is -4.41. The molecule has 0 aliphatic rings. The van der Waals surface area contributed by atoms with E-state index in [1.165, 1.54) is 24.3 Å². The standard InChI is InChI=1S/C24H19F3N6O2/c1-14-31-22-21(32(14)2)18-12-15(23(34)30-13-20-28-10-3-11-29-20)4-9-19(18)33(22)16-5-7-17(8-6-16)35-24(25,26)27/h3-12H,13H2,1-2H3,(H,30,34). The number of benzene rings is 2. The first kappa shape index (κ1) is 22.4. The lowest BCUT2D eigenvalue weighted by Crippen LogP contribution is -2.23. The lowest BCUT2D eigenvalue weighted by Gasteiger charge is -2.11. The maximum atomic E-state index is 12.8. The maximum Gasteiger partial charge on any atom is 0.573 e. The molecule has 3 aromatic heterocycles. The number of hydrogen-bond donors (Lipinski definition) is 1.